The molecule has 1 aliphatic carbocycles. The molecule has 0 bridgehead atoms. The van der Waals surface area contributed by atoms with Crippen LogP contribution in [0.15, 0.2) is 18.2 Å². The zero-order chi connectivity index (χ0) is 13.8. The van der Waals surface area contributed by atoms with E-state index in [4.69, 9.17) is 0 Å². The van der Waals surface area contributed by atoms with Crippen molar-refractivity contribution >= 4 is 11.6 Å². The normalized spacial score (nSPS) is 14.3. The summed E-state index contributed by atoms with van der Waals surface area (Å²) in [6.45, 7) is 5.29. The Balaban J connectivity index is 2.28. The van der Waals surface area contributed by atoms with Gasteiger partial charge in [-0.15, -0.1) is 0 Å². The zero-order valence-electron chi connectivity index (χ0n) is 11.6. The van der Waals surface area contributed by atoms with Crippen molar-refractivity contribution in [3.8, 4) is 0 Å². The number of rotatable bonds is 6. The van der Waals surface area contributed by atoms with Gasteiger partial charge in [0.05, 0.1) is 11.3 Å². The molecule has 0 atom stereocenters. The van der Waals surface area contributed by atoms with Gasteiger partial charge in [-0.05, 0) is 38.3 Å². The highest BCUT2D eigenvalue weighted by atomic mass is 19.1. The Morgan fingerprint density at radius 3 is 2.74 bits per heavy atom. The molecule has 4 heteroatoms. The number of carbonyl (C=O) groups excluding carboxylic acids is 1. The number of nitrogens with one attached hydrogen (secondary N) is 1. The number of amides is 1. The number of nitrogens with zero attached hydrogens (tertiary/aromatic N) is 1. The third-order valence-electron chi connectivity index (χ3n) is 3.31. The minimum Gasteiger partial charge on any atom is -0.382 e. The van der Waals surface area contributed by atoms with Crippen LogP contribution in [0.25, 0.3) is 0 Å². The monoisotopic (exact) mass is 264 g/mol. The first-order valence-electron chi connectivity index (χ1n) is 7.02. The molecule has 0 unspecified atom stereocenters. The van der Waals surface area contributed by atoms with Crippen molar-refractivity contribution in [3.63, 3.8) is 0 Å². The van der Waals surface area contributed by atoms with Crippen LogP contribution in [-0.4, -0.2) is 29.9 Å². The molecule has 19 heavy (non-hydrogen) atoms. The number of hydrogen-bond acceptors (Lipinski definition) is 2. The summed E-state index contributed by atoms with van der Waals surface area (Å²) >= 11 is 0. The number of para-hydroxylation sites is 1. The third kappa shape index (κ3) is 3.06. The van der Waals surface area contributed by atoms with E-state index in [1.807, 2.05) is 11.8 Å². The fraction of sp³-hybridized carbons (Fsp3) is 0.533. The average Bonchev–Trinajstić information content (AvgIpc) is 3.22. The molecule has 0 heterocycles. The summed E-state index contributed by atoms with van der Waals surface area (Å²) in [6, 6.07) is 5.04. The first-order chi connectivity index (χ1) is 9.19. The second-order valence-corrected chi connectivity index (χ2v) is 4.92. The van der Waals surface area contributed by atoms with Gasteiger partial charge in [0.25, 0.3) is 5.91 Å². The second kappa shape index (κ2) is 6.04. The summed E-state index contributed by atoms with van der Waals surface area (Å²) in [5, 5.41) is 2.96. The molecule has 1 amide bonds. The van der Waals surface area contributed by atoms with E-state index in [9.17, 15) is 9.18 Å². The molecule has 1 saturated carbocycles. The maximum absolute atomic E-state index is 13.8. The van der Waals surface area contributed by atoms with Gasteiger partial charge < -0.3 is 10.2 Å². The lowest BCUT2D eigenvalue weighted by molar-refractivity contribution is 0.0743. The molecular formula is C15H21FN2O. The fourth-order valence-corrected chi connectivity index (χ4v) is 2.29. The highest BCUT2D eigenvalue weighted by molar-refractivity contribution is 6.00. The maximum atomic E-state index is 13.8. The first kappa shape index (κ1) is 13.8. The largest absolute Gasteiger partial charge is 0.382 e. The lowest BCUT2D eigenvalue weighted by atomic mass is 10.1. The predicted octanol–water partition coefficient (Wildman–Crippen LogP) is 3.27. The zero-order valence-corrected chi connectivity index (χ0v) is 11.6. The topological polar surface area (TPSA) is 32.3 Å². The smallest absolute Gasteiger partial charge is 0.256 e. The van der Waals surface area contributed by atoms with E-state index in [1.165, 1.54) is 6.07 Å². The molecule has 1 aromatic rings. The number of benzene rings is 1. The van der Waals surface area contributed by atoms with E-state index in [1.54, 1.807) is 12.1 Å². The molecule has 1 aromatic carbocycles. The SMILES string of the molecule is CCCN(C(=O)c1cccc(F)c1NCC)C1CC1. The highest BCUT2D eigenvalue weighted by Crippen LogP contribution is 2.30. The van der Waals surface area contributed by atoms with Gasteiger partial charge in [-0.2, -0.15) is 0 Å². The van der Waals surface area contributed by atoms with Gasteiger partial charge in [-0.3, -0.25) is 4.79 Å². The molecule has 3 nitrogen and oxygen atoms in total. The van der Waals surface area contributed by atoms with E-state index in [2.05, 4.69) is 12.2 Å². The Kier molecular flexibility index (Phi) is 4.40. The van der Waals surface area contributed by atoms with E-state index in [0.717, 1.165) is 25.8 Å². The number of hydrogen-bond donors (Lipinski definition) is 1. The summed E-state index contributed by atoms with van der Waals surface area (Å²) in [7, 11) is 0. The van der Waals surface area contributed by atoms with Crippen LogP contribution in [0.4, 0.5) is 10.1 Å². The van der Waals surface area contributed by atoms with E-state index < -0.39 is 0 Å². The van der Waals surface area contributed by atoms with Crippen LogP contribution < -0.4 is 5.32 Å². The molecule has 1 fully saturated rings. The summed E-state index contributed by atoms with van der Waals surface area (Å²) in [5.41, 5.74) is 0.777. The molecule has 1 aliphatic rings. The molecule has 0 radical (unpaired) electrons. The van der Waals surface area contributed by atoms with Crippen molar-refractivity contribution in [1.82, 2.24) is 4.90 Å². The van der Waals surface area contributed by atoms with E-state index in [-0.39, 0.29) is 11.7 Å². The van der Waals surface area contributed by atoms with E-state index in [0.29, 0.717) is 23.8 Å². The van der Waals surface area contributed by atoms with Gasteiger partial charge in [-0.1, -0.05) is 13.0 Å². The lowest BCUT2D eigenvalue weighted by Gasteiger charge is -2.23. The predicted molar refractivity (Wildman–Crippen MR) is 74.9 cm³/mol. The standard InChI is InChI=1S/C15H21FN2O/c1-3-10-18(11-8-9-11)15(19)12-6-5-7-13(16)14(12)17-4-2/h5-7,11,17H,3-4,8-10H2,1-2H3. The Morgan fingerprint density at radius 2 is 2.16 bits per heavy atom. The Bertz CT molecular complexity index is 457. The molecular weight excluding hydrogens is 243 g/mol. The molecule has 0 spiro atoms. The van der Waals surface area contributed by atoms with Gasteiger partial charge in [0.2, 0.25) is 0 Å². The van der Waals surface area contributed by atoms with Crippen LogP contribution in [0.5, 0.6) is 0 Å². The van der Waals surface area contributed by atoms with Crippen LogP contribution in [0.2, 0.25) is 0 Å². The van der Waals surface area contributed by atoms with Crippen molar-refractivity contribution in [2.45, 2.75) is 39.2 Å². The van der Waals surface area contributed by atoms with Crippen LogP contribution >= 0.6 is 0 Å². The van der Waals surface area contributed by atoms with Crippen molar-refractivity contribution in [2.75, 3.05) is 18.4 Å². The second-order valence-electron chi connectivity index (χ2n) is 4.92. The summed E-state index contributed by atoms with van der Waals surface area (Å²) < 4.78 is 13.8. The van der Waals surface area contributed by atoms with E-state index >= 15 is 0 Å². The van der Waals surface area contributed by atoms with Gasteiger partial charge >= 0.3 is 0 Å². The molecule has 1 N–H and O–H groups in total. The van der Waals surface area contributed by atoms with Crippen molar-refractivity contribution in [2.24, 2.45) is 0 Å². The summed E-state index contributed by atoms with van der Waals surface area (Å²) in [4.78, 5) is 14.5. The minimum absolute atomic E-state index is 0.0557. The number of anilines is 1. The molecule has 0 aliphatic heterocycles. The van der Waals surface area contributed by atoms with Gasteiger partial charge in [0.1, 0.15) is 5.82 Å². The van der Waals surface area contributed by atoms with Gasteiger partial charge in [-0.25, -0.2) is 4.39 Å². The Hall–Kier alpha value is -1.58. The maximum Gasteiger partial charge on any atom is 0.256 e. The molecule has 0 aromatic heterocycles. The van der Waals surface area contributed by atoms with Gasteiger partial charge in [0, 0.05) is 19.1 Å². The van der Waals surface area contributed by atoms with Gasteiger partial charge in [0.15, 0.2) is 0 Å². The van der Waals surface area contributed by atoms with Crippen LogP contribution in [0.1, 0.15) is 43.5 Å². The fourth-order valence-electron chi connectivity index (χ4n) is 2.29. The number of halogens is 1. The number of carbonyl (C=O) groups is 1. The minimum atomic E-state index is -0.361. The Morgan fingerprint density at radius 1 is 1.42 bits per heavy atom. The highest BCUT2D eigenvalue weighted by Gasteiger charge is 2.33. The summed E-state index contributed by atoms with van der Waals surface area (Å²) in [5.74, 6) is -0.417. The van der Waals surface area contributed by atoms with Crippen LogP contribution in [0, 0.1) is 5.82 Å². The van der Waals surface area contributed by atoms with Crippen molar-refractivity contribution in [1.29, 1.82) is 0 Å². The molecule has 0 saturated heterocycles. The van der Waals surface area contributed by atoms with Crippen LogP contribution in [0.3, 0.4) is 0 Å². The lowest BCUT2D eigenvalue weighted by Crippen LogP contribution is -2.34. The third-order valence-corrected chi connectivity index (χ3v) is 3.31. The molecule has 2 rings (SSSR count). The van der Waals surface area contributed by atoms with Crippen molar-refractivity contribution in [3.05, 3.63) is 29.6 Å². The quantitative estimate of drug-likeness (QED) is 0.855. The molecule has 104 valence electrons. The Labute approximate surface area is 113 Å². The van der Waals surface area contributed by atoms with Crippen molar-refractivity contribution < 1.29 is 9.18 Å². The average molecular weight is 264 g/mol. The first-order valence-corrected chi connectivity index (χ1v) is 7.02. The summed E-state index contributed by atoms with van der Waals surface area (Å²) in [6.07, 6.45) is 3.06. The van der Waals surface area contributed by atoms with Crippen LogP contribution in [-0.2, 0) is 0 Å².